The fourth-order valence-electron chi connectivity index (χ4n) is 2.20. The SMILES string of the molecule is CN=C(NCc1ncnn1C)NCC(C)c1c(Cl)cccc1Cl. The molecule has 8 heteroatoms. The molecule has 1 heterocycles. The van der Waals surface area contributed by atoms with E-state index in [0.29, 0.717) is 29.1 Å². The molecule has 124 valence electrons. The summed E-state index contributed by atoms with van der Waals surface area (Å²) in [6, 6.07) is 5.54. The van der Waals surface area contributed by atoms with Gasteiger partial charge in [-0.2, -0.15) is 5.10 Å². The van der Waals surface area contributed by atoms with Crippen LogP contribution in [0.1, 0.15) is 24.2 Å². The van der Waals surface area contributed by atoms with E-state index < -0.39 is 0 Å². The summed E-state index contributed by atoms with van der Waals surface area (Å²) in [5.74, 6) is 1.66. The number of benzene rings is 1. The van der Waals surface area contributed by atoms with Gasteiger partial charge in [-0.05, 0) is 17.7 Å². The summed E-state index contributed by atoms with van der Waals surface area (Å²) < 4.78 is 1.71. The summed E-state index contributed by atoms with van der Waals surface area (Å²) in [7, 11) is 3.57. The maximum Gasteiger partial charge on any atom is 0.191 e. The van der Waals surface area contributed by atoms with Gasteiger partial charge in [-0.25, -0.2) is 4.98 Å². The molecule has 6 nitrogen and oxygen atoms in total. The van der Waals surface area contributed by atoms with Crippen molar-refractivity contribution < 1.29 is 0 Å². The summed E-state index contributed by atoms with van der Waals surface area (Å²) in [6.07, 6.45) is 1.52. The van der Waals surface area contributed by atoms with Gasteiger partial charge in [0.15, 0.2) is 5.96 Å². The van der Waals surface area contributed by atoms with E-state index in [1.165, 1.54) is 6.33 Å². The van der Waals surface area contributed by atoms with Crippen LogP contribution in [0.5, 0.6) is 0 Å². The normalized spacial score (nSPS) is 13.0. The van der Waals surface area contributed by atoms with Crippen LogP contribution in [0, 0.1) is 0 Å². The van der Waals surface area contributed by atoms with Gasteiger partial charge in [-0.3, -0.25) is 9.67 Å². The average Bonchev–Trinajstić information content (AvgIpc) is 2.92. The molecule has 0 radical (unpaired) electrons. The first kappa shape index (κ1) is 17.6. The lowest BCUT2D eigenvalue weighted by atomic mass is 10.0. The summed E-state index contributed by atoms with van der Waals surface area (Å²) >= 11 is 12.5. The van der Waals surface area contributed by atoms with Crippen LogP contribution >= 0.6 is 23.2 Å². The molecule has 0 aliphatic carbocycles. The van der Waals surface area contributed by atoms with E-state index in [1.54, 1.807) is 11.7 Å². The number of guanidine groups is 1. The van der Waals surface area contributed by atoms with Crippen molar-refractivity contribution in [2.45, 2.75) is 19.4 Å². The molecule has 0 aliphatic rings. The second-order valence-corrected chi connectivity index (χ2v) is 5.96. The Bertz CT molecular complexity index is 662. The number of hydrogen-bond donors (Lipinski definition) is 2. The van der Waals surface area contributed by atoms with Crippen LogP contribution in [0.25, 0.3) is 0 Å². The molecule has 0 bridgehead atoms. The van der Waals surface area contributed by atoms with E-state index in [1.807, 2.05) is 25.2 Å². The standard InChI is InChI=1S/C15H20Cl2N6/c1-10(14-11(16)5-4-6-12(14)17)7-19-15(18-2)20-8-13-21-9-22-23(13)3/h4-6,9-10H,7-8H2,1-3H3,(H2,18,19,20). The van der Waals surface area contributed by atoms with Gasteiger partial charge < -0.3 is 10.6 Å². The minimum atomic E-state index is 0.143. The quantitative estimate of drug-likeness (QED) is 0.639. The number of nitrogens with one attached hydrogen (secondary N) is 2. The molecule has 1 aromatic heterocycles. The molecule has 0 fully saturated rings. The monoisotopic (exact) mass is 354 g/mol. The zero-order valence-corrected chi connectivity index (χ0v) is 14.9. The van der Waals surface area contributed by atoms with Crippen molar-refractivity contribution in [2.24, 2.45) is 12.0 Å². The fraction of sp³-hybridized carbons (Fsp3) is 0.400. The zero-order chi connectivity index (χ0) is 16.8. The van der Waals surface area contributed by atoms with Gasteiger partial charge in [0.2, 0.25) is 0 Å². The van der Waals surface area contributed by atoms with Gasteiger partial charge in [0.05, 0.1) is 6.54 Å². The smallest absolute Gasteiger partial charge is 0.191 e. The van der Waals surface area contributed by atoms with E-state index in [4.69, 9.17) is 23.2 Å². The van der Waals surface area contributed by atoms with Gasteiger partial charge in [0.25, 0.3) is 0 Å². The number of aromatic nitrogens is 3. The molecule has 23 heavy (non-hydrogen) atoms. The molecule has 1 aromatic carbocycles. The molecular formula is C15H20Cl2N6. The van der Waals surface area contributed by atoms with Crippen molar-refractivity contribution >= 4 is 29.2 Å². The number of aryl methyl sites for hydroxylation is 1. The van der Waals surface area contributed by atoms with Crippen LogP contribution in [-0.4, -0.2) is 34.3 Å². The molecule has 0 amide bonds. The molecule has 0 saturated heterocycles. The van der Waals surface area contributed by atoms with Crippen molar-refractivity contribution in [3.05, 3.63) is 46.0 Å². The highest BCUT2D eigenvalue weighted by Crippen LogP contribution is 2.30. The molecule has 2 N–H and O–H groups in total. The summed E-state index contributed by atoms with van der Waals surface area (Å²) in [5.41, 5.74) is 0.937. The van der Waals surface area contributed by atoms with Gasteiger partial charge in [0, 0.05) is 36.6 Å². The van der Waals surface area contributed by atoms with Gasteiger partial charge in [0.1, 0.15) is 12.2 Å². The lowest BCUT2D eigenvalue weighted by Crippen LogP contribution is -2.39. The molecule has 2 aromatic rings. The first-order valence-electron chi connectivity index (χ1n) is 7.24. The molecular weight excluding hydrogens is 335 g/mol. The third-order valence-electron chi connectivity index (χ3n) is 3.51. The van der Waals surface area contributed by atoms with Crippen LogP contribution in [-0.2, 0) is 13.6 Å². The Morgan fingerprint density at radius 3 is 2.57 bits per heavy atom. The number of rotatable bonds is 5. The third-order valence-corrected chi connectivity index (χ3v) is 4.17. The third kappa shape index (κ3) is 4.59. The first-order valence-corrected chi connectivity index (χ1v) is 7.99. The number of aliphatic imine (C=N–C) groups is 1. The highest BCUT2D eigenvalue weighted by atomic mass is 35.5. The van der Waals surface area contributed by atoms with E-state index in [0.717, 1.165) is 11.4 Å². The van der Waals surface area contributed by atoms with Gasteiger partial charge >= 0.3 is 0 Å². The van der Waals surface area contributed by atoms with E-state index in [-0.39, 0.29) is 5.92 Å². The van der Waals surface area contributed by atoms with Crippen LogP contribution < -0.4 is 10.6 Å². The minimum absolute atomic E-state index is 0.143. The van der Waals surface area contributed by atoms with Crippen LogP contribution in [0.15, 0.2) is 29.5 Å². The number of nitrogens with zero attached hydrogens (tertiary/aromatic N) is 4. The molecule has 1 atom stereocenters. The Morgan fingerprint density at radius 1 is 1.30 bits per heavy atom. The Kier molecular flexibility index (Phi) is 6.24. The summed E-state index contributed by atoms with van der Waals surface area (Å²) in [4.78, 5) is 8.36. The Hall–Kier alpha value is -1.79. The summed E-state index contributed by atoms with van der Waals surface area (Å²) in [5, 5.41) is 11.8. The Morgan fingerprint density at radius 2 is 2.00 bits per heavy atom. The zero-order valence-electron chi connectivity index (χ0n) is 13.3. The van der Waals surface area contributed by atoms with Crippen LogP contribution in [0.3, 0.4) is 0 Å². The number of hydrogen-bond acceptors (Lipinski definition) is 3. The molecule has 1 unspecified atom stereocenters. The van der Waals surface area contributed by atoms with Gasteiger partial charge in [-0.15, -0.1) is 0 Å². The topological polar surface area (TPSA) is 67.1 Å². The molecule has 0 saturated carbocycles. The highest BCUT2D eigenvalue weighted by Gasteiger charge is 2.14. The van der Waals surface area contributed by atoms with E-state index in [2.05, 4.69) is 32.6 Å². The minimum Gasteiger partial charge on any atom is -0.356 e. The predicted octanol–water partition coefficient (Wildman–Crippen LogP) is 2.59. The van der Waals surface area contributed by atoms with Crippen LogP contribution in [0.4, 0.5) is 0 Å². The van der Waals surface area contributed by atoms with Crippen molar-refractivity contribution in [1.29, 1.82) is 0 Å². The van der Waals surface area contributed by atoms with Crippen molar-refractivity contribution in [3.63, 3.8) is 0 Å². The largest absolute Gasteiger partial charge is 0.356 e. The fourth-order valence-corrected chi connectivity index (χ4v) is 2.97. The lowest BCUT2D eigenvalue weighted by molar-refractivity contribution is 0.661. The maximum absolute atomic E-state index is 6.24. The first-order chi connectivity index (χ1) is 11.0. The van der Waals surface area contributed by atoms with Crippen molar-refractivity contribution in [3.8, 4) is 0 Å². The Balaban J connectivity index is 1.91. The van der Waals surface area contributed by atoms with Crippen LogP contribution in [0.2, 0.25) is 10.0 Å². The molecule has 0 spiro atoms. The van der Waals surface area contributed by atoms with Crippen molar-refractivity contribution in [2.75, 3.05) is 13.6 Å². The summed E-state index contributed by atoms with van der Waals surface area (Å²) in [6.45, 7) is 3.26. The predicted molar refractivity (Wildman–Crippen MR) is 94.1 cm³/mol. The number of halogens is 2. The highest BCUT2D eigenvalue weighted by molar-refractivity contribution is 6.36. The Labute approximate surface area is 145 Å². The molecule has 2 rings (SSSR count). The van der Waals surface area contributed by atoms with Gasteiger partial charge in [-0.1, -0.05) is 36.2 Å². The van der Waals surface area contributed by atoms with E-state index >= 15 is 0 Å². The second-order valence-electron chi connectivity index (χ2n) is 5.14. The lowest BCUT2D eigenvalue weighted by Gasteiger charge is -2.18. The second kappa shape index (κ2) is 8.17. The molecule has 0 aliphatic heterocycles. The van der Waals surface area contributed by atoms with E-state index in [9.17, 15) is 0 Å². The van der Waals surface area contributed by atoms with Crippen molar-refractivity contribution in [1.82, 2.24) is 25.4 Å². The maximum atomic E-state index is 6.24. The average molecular weight is 355 g/mol.